The van der Waals surface area contributed by atoms with Gasteiger partial charge in [0.25, 0.3) is 0 Å². The number of thioether (sulfide) groups is 1. The van der Waals surface area contributed by atoms with E-state index in [-0.39, 0.29) is 11.2 Å². The van der Waals surface area contributed by atoms with Crippen molar-refractivity contribution in [2.45, 2.75) is 13.0 Å². The highest BCUT2D eigenvalue weighted by molar-refractivity contribution is 8.13. The molecule has 18 heavy (non-hydrogen) atoms. The monoisotopic (exact) mass is 265 g/mol. The normalized spacial score (nSPS) is 12.6. The lowest BCUT2D eigenvalue weighted by Gasteiger charge is -2.14. The van der Waals surface area contributed by atoms with Crippen LogP contribution in [0.15, 0.2) is 30.3 Å². The first-order valence-corrected chi connectivity index (χ1v) is 7.05. The number of carbonyl (C=O) groups is 1. The number of benzene rings is 1. The summed E-state index contributed by atoms with van der Waals surface area (Å²) in [6.45, 7) is 2.81. The molecule has 3 nitrogen and oxygen atoms in total. The third kappa shape index (κ3) is 5.38. The summed E-state index contributed by atoms with van der Waals surface area (Å²) < 4.78 is 5.74. The van der Waals surface area contributed by atoms with Gasteiger partial charge in [-0.3, -0.25) is 4.79 Å². The minimum Gasteiger partial charge on any atom is -0.489 e. The first-order chi connectivity index (χ1) is 8.65. The third-order valence-electron chi connectivity index (χ3n) is 2.30. The summed E-state index contributed by atoms with van der Waals surface area (Å²) in [5.41, 5.74) is 0.964. The van der Waals surface area contributed by atoms with Crippen LogP contribution in [0.25, 0.3) is 6.08 Å². The van der Waals surface area contributed by atoms with Crippen LogP contribution in [0, 0.1) is 0 Å². The second-order valence-electron chi connectivity index (χ2n) is 3.92. The van der Waals surface area contributed by atoms with Crippen LogP contribution in [0.3, 0.4) is 0 Å². The Bertz CT molecular complexity index is 418. The highest BCUT2D eigenvalue weighted by Crippen LogP contribution is 2.16. The molecule has 0 heterocycles. The van der Waals surface area contributed by atoms with Crippen LogP contribution in [-0.4, -0.2) is 31.1 Å². The van der Waals surface area contributed by atoms with E-state index in [1.165, 1.54) is 11.8 Å². The molecule has 4 heteroatoms. The van der Waals surface area contributed by atoms with E-state index in [0.717, 1.165) is 17.9 Å². The lowest BCUT2D eigenvalue weighted by molar-refractivity contribution is -0.106. The molecule has 1 N–H and O–H groups in total. The fourth-order valence-electron chi connectivity index (χ4n) is 1.49. The molecule has 0 saturated carbocycles. The number of hydrogen-bond acceptors (Lipinski definition) is 4. The van der Waals surface area contributed by atoms with E-state index in [2.05, 4.69) is 5.32 Å². The minimum atomic E-state index is 0.0462. The second kappa shape index (κ2) is 7.95. The minimum absolute atomic E-state index is 0.0462. The van der Waals surface area contributed by atoms with E-state index < -0.39 is 0 Å². The average molecular weight is 265 g/mol. The quantitative estimate of drug-likeness (QED) is 0.802. The molecule has 0 bridgehead atoms. The highest BCUT2D eigenvalue weighted by Gasteiger charge is 2.02. The molecule has 0 amide bonds. The lowest BCUT2D eigenvalue weighted by atomic mass is 10.2. The van der Waals surface area contributed by atoms with Gasteiger partial charge >= 0.3 is 0 Å². The lowest BCUT2D eigenvalue weighted by Crippen LogP contribution is -2.25. The zero-order chi connectivity index (χ0) is 13.4. The predicted octanol–water partition coefficient (Wildman–Crippen LogP) is 2.58. The van der Waals surface area contributed by atoms with E-state index in [1.54, 1.807) is 18.4 Å². The number of rotatable bonds is 6. The topological polar surface area (TPSA) is 38.3 Å². The molecule has 0 aromatic heterocycles. The molecule has 0 spiro atoms. The molecule has 1 aromatic carbocycles. The van der Waals surface area contributed by atoms with Gasteiger partial charge in [-0.25, -0.2) is 0 Å². The van der Waals surface area contributed by atoms with Crippen molar-refractivity contribution in [1.82, 2.24) is 5.32 Å². The summed E-state index contributed by atoms with van der Waals surface area (Å²) >= 11 is 1.20. The smallest absolute Gasteiger partial charge is 0.211 e. The number of hydrogen-bond donors (Lipinski definition) is 1. The van der Waals surface area contributed by atoms with Crippen molar-refractivity contribution in [3.8, 4) is 5.75 Å². The van der Waals surface area contributed by atoms with Crippen molar-refractivity contribution in [2.24, 2.45) is 0 Å². The molecule has 0 aliphatic rings. The summed E-state index contributed by atoms with van der Waals surface area (Å²) in [4.78, 5) is 11.2. The number of nitrogens with one attached hydrogen (secondary N) is 1. The summed E-state index contributed by atoms with van der Waals surface area (Å²) in [5.74, 6) is 0.816. The standard InChI is InChI=1S/C14H19NO2S/c1-11(10-15-2)17-13-6-4-5-12(9-13)7-8-14(16)18-3/h4-9,11,15H,10H2,1-3H3/b8-7+/t11-/m1/s1. The van der Waals surface area contributed by atoms with Crippen molar-refractivity contribution < 1.29 is 9.53 Å². The molecule has 98 valence electrons. The third-order valence-corrected chi connectivity index (χ3v) is 2.84. The predicted molar refractivity (Wildman–Crippen MR) is 78.0 cm³/mol. The van der Waals surface area contributed by atoms with Crippen LogP contribution in [0.1, 0.15) is 12.5 Å². The maximum Gasteiger partial charge on any atom is 0.211 e. The number of ether oxygens (including phenoxy) is 1. The van der Waals surface area contributed by atoms with Crippen LogP contribution in [0.5, 0.6) is 5.75 Å². The van der Waals surface area contributed by atoms with Crippen molar-refractivity contribution >= 4 is 23.0 Å². The molecule has 1 aromatic rings. The van der Waals surface area contributed by atoms with E-state index in [4.69, 9.17) is 4.74 Å². The Hall–Kier alpha value is -1.26. The Morgan fingerprint density at radius 1 is 1.56 bits per heavy atom. The van der Waals surface area contributed by atoms with Gasteiger partial charge in [0.2, 0.25) is 5.12 Å². The van der Waals surface area contributed by atoms with Crippen molar-refractivity contribution in [1.29, 1.82) is 0 Å². The van der Waals surface area contributed by atoms with Crippen LogP contribution in [-0.2, 0) is 4.79 Å². The zero-order valence-corrected chi connectivity index (χ0v) is 11.8. The first-order valence-electron chi connectivity index (χ1n) is 5.83. The molecular formula is C14H19NO2S. The SMILES string of the molecule is CNC[C@@H](C)Oc1cccc(/C=C/C(=O)SC)c1. The van der Waals surface area contributed by atoms with Crippen LogP contribution in [0.4, 0.5) is 0 Å². The second-order valence-corrected chi connectivity index (χ2v) is 4.73. The van der Waals surface area contributed by atoms with E-state index >= 15 is 0 Å². The fraction of sp³-hybridized carbons (Fsp3) is 0.357. The molecule has 0 saturated heterocycles. The van der Waals surface area contributed by atoms with Crippen LogP contribution < -0.4 is 10.1 Å². The molecule has 1 atom stereocenters. The van der Waals surface area contributed by atoms with Gasteiger partial charge in [-0.1, -0.05) is 30.0 Å². The van der Waals surface area contributed by atoms with Gasteiger partial charge in [0.05, 0.1) is 0 Å². The Balaban J connectivity index is 2.67. The van der Waals surface area contributed by atoms with Crippen molar-refractivity contribution in [3.05, 3.63) is 35.9 Å². The summed E-state index contributed by atoms with van der Waals surface area (Å²) in [5, 5.41) is 3.11. The molecule has 0 aliphatic carbocycles. The van der Waals surface area contributed by atoms with Gasteiger partial charge in [-0.05, 0) is 44.0 Å². The Labute approximate surface area is 113 Å². The molecular weight excluding hydrogens is 246 g/mol. The van der Waals surface area contributed by atoms with Crippen LogP contribution >= 0.6 is 11.8 Å². The van der Waals surface area contributed by atoms with Gasteiger partial charge in [-0.15, -0.1) is 0 Å². The van der Waals surface area contributed by atoms with Gasteiger partial charge in [0.15, 0.2) is 0 Å². The first kappa shape index (κ1) is 14.8. The largest absolute Gasteiger partial charge is 0.489 e. The van der Waals surface area contributed by atoms with E-state index in [1.807, 2.05) is 38.2 Å². The molecule has 0 aliphatic heterocycles. The number of carbonyl (C=O) groups excluding carboxylic acids is 1. The van der Waals surface area contributed by atoms with E-state index in [9.17, 15) is 4.79 Å². The summed E-state index contributed by atoms with van der Waals surface area (Å²) in [6.07, 6.45) is 5.25. The van der Waals surface area contributed by atoms with Crippen molar-refractivity contribution in [3.63, 3.8) is 0 Å². The zero-order valence-electron chi connectivity index (χ0n) is 11.0. The van der Waals surface area contributed by atoms with Gasteiger partial charge in [0, 0.05) is 6.54 Å². The molecule has 1 rings (SSSR count). The Morgan fingerprint density at radius 2 is 2.33 bits per heavy atom. The summed E-state index contributed by atoms with van der Waals surface area (Å²) in [6, 6.07) is 7.71. The summed E-state index contributed by atoms with van der Waals surface area (Å²) in [7, 11) is 1.90. The van der Waals surface area contributed by atoms with Gasteiger partial charge < -0.3 is 10.1 Å². The maximum atomic E-state index is 11.2. The highest BCUT2D eigenvalue weighted by atomic mass is 32.2. The Morgan fingerprint density at radius 3 is 3.00 bits per heavy atom. The maximum absolute atomic E-state index is 11.2. The molecule has 0 radical (unpaired) electrons. The fourth-order valence-corrected chi connectivity index (χ4v) is 1.69. The van der Waals surface area contributed by atoms with E-state index in [0.29, 0.717) is 0 Å². The Kier molecular flexibility index (Phi) is 6.54. The molecule has 0 fully saturated rings. The number of likely N-dealkylation sites (N-methyl/N-ethyl adjacent to an activating group) is 1. The average Bonchev–Trinajstić information content (AvgIpc) is 2.36. The van der Waals surface area contributed by atoms with Gasteiger partial charge in [-0.2, -0.15) is 0 Å². The van der Waals surface area contributed by atoms with Gasteiger partial charge in [0.1, 0.15) is 11.9 Å². The van der Waals surface area contributed by atoms with Crippen LogP contribution in [0.2, 0.25) is 0 Å². The van der Waals surface area contributed by atoms with Crippen molar-refractivity contribution in [2.75, 3.05) is 19.8 Å². The molecule has 0 unspecified atom stereocenters.